The van der Waals surface area contributed by atoms with E-state index >= 15 is 0 Å². The number of nitrogens with zero attached hydrogens (tertiary/aromatic N) is 4. The number of benzene rings is 5. The summed E-state index contributed by atoms with van der Waals surface area (Å²) in [7, 11) is 0. The molecule has 0 saturated heterocycles. The summed E-state index contributed by atoms with van der Waals surface area (Å²) in [5.41, 5.74) is 10.5. The normalized spacial score (nSPS) is 11.9. The van der Waals surface area contributed by atoms with Gasteiger partial charge in [-0.3, -0.25) is 4.98 Å². The van der Waals surface area contributed by atoms with Crippen LogP contribution in [0.5, 0.6) is 0 Å². The molecule has 61 heavy (non-hydrogen) atoms. The van der Waals surface area contributed by atoms with E-state index in [9.17, 15) is 13.2 Å². The minimum absolute atomic E-state index is 0. The van der Waals surface area contributed by atoms with Gasteiger partial charge in [0.2, 0.25) is 5.71 Å². The molecule has 9 rings (SSSR count). The Bertz CT molecular complexity index is 2970. The van der Waals surface area contributed by atoms with Gasteiger partial charge in [0.15, 0.2) is 0 Å². The smallest absolute Gasteiger partial charge is 0.433 e. The Kier molecular flexibility index (Phi) is 12.6. The Hall–Kier alpha value is -5.35. The van der Waals surface area contributed by atoms with Crippen LogP contribution in [0.25, 0.3) is 72.6 Å². The first-order chi connectivity index (χ1) is 28.7. The van der Waals surface area contributed by atoms with E-state index < -0.39 is 25.1 Å². The van der Waals surface area contributed by atoms with Crippen LogP contribution in [-0.2, 0) is 32.7 Å². The summed E-state index contributed by atoms with van der Waals surface area (Å²) < 4.78 is 49.7. The van der Waals surface area contributed by atoms with Gasteiger partial charge in [0.1, 0.15) is 5.69 Å². The van der Waals surface area contributed by atoms with Gasteiger partial charge in [0.05, 0.1) is 22.4 Å². The molecule has 0 amide bonds. The number of rotatable bonds is 7. The third-order valence-electron chi connectivity index (χ3n) is 10.6. The minimum atomic E-state index is -4.57. The molecular weight excluding hydrogens is 1010 g/mol. The predicted molar refractivity (Wildman–Crippen MR) is 240 cm³/mol. The average molecular weight is 1050 g/mol. The average Bonchev–Trinajstić information content (AvgIpc) is 3.79. The van der Waals surface area contributed by atoms with E-state index in [1.807, 2.05) is 60.7 Å². The molecule has 9 aromatic rings. The van der Waals surface area contributed by atoms with Crippen LogP contribution in [0.3, 0.4) is 0 Å². The van der Waals surface area contributed by atoms with Crippen molar-refractivity contribution in [2.75, 3.05) is 0 Å². The van der Waals surface area contributed by atoms with Crippen LogP contribution in [-0.4, -0.2) is 32.8 Å². The second kappa shape index (κ2) is 17.6. The van der Waals surface area contributed by atoms with Crippen molar-refractivity contribution in [3.63, 3.8) is 0 Å². The number of halogens is 3. The topological polar surface area (TPSA) is 56.7 Å². The molecule has 0 atom stereocenters. The van der Waals surface area contributed by atoms with Gasteiger partial charge >= 0.3 is 132 Å². The zero-order valence-electron chi connectivity index (χ0n) is 35.1. The summed E-state index contributed by atoms with van der Waals surface area (Å²) in [5, 5.41) is 1.15. The molecule has 10 heteroatoms. The number of hydrogen-bond donors (Lipinski definition) is 0. The predicted octanol–water partition coefficient (Wildman–Crippen LogP) is 13.4. The number of pyridine rings is 2. The Labute approximate surface area is 370 Å². The number of fused-ring (bicyclic) bond motifs is 4. The molecule has 0 aliphatic carbocycles. The molecule has 0 fully saturated rings. The third kappa shape index (κ3) is 9.01. The van der Waals surface area contributed by atoms with Crippen LogP contribution in [0, 0.1) is 31.9 Å². The van der Waals surface area contributed by atoms with E-state index in [1.54, 1.807) is 16.5 Å². The van der Waals surface area contributed by atoms with Crippen LogP contribution >= 0.6 is 0 Å². The first-order valence-corrected chi connectivity index (χ1v) is 27.4. The Balaban J connectivity index is 0.000000226. The van der Waals surface area contributed by atoms with Gasteiger partial charge in [-0.05, 0) is 72.5 Å². The number of alkyl halides is 3. The Morgan fingerprint density at radius 3 is 2.13 bits per heavy atom. The molecule has 0 bridgehead atoms. The van der Waals surface area contributed by atoms with E-state index in [-0.39, 0.29) is 25.8 Å². The monoisotopic (exact) mass is 1050 g/mol. The fourth-order valence-electron chi connectivity index (χ4n) is 7.95. The van der Waals surface area contributed by atoms with Crippen molar-refractivity contribution < 1.29 is 37.7 Å². The zero-order chi connectivity index (χ0) is 42.3. The summed E-state index contributed by atoms with van der Waals surface area (Å²) in [6, 6.07) is 45.1. The van der Waals surface area contributed by atoms with Crippen molar-refractivity contribution in [1.82, 2.24) is 19.5 Å². The number of para-hydroxylation sites is 2. The first-order valence-electron chi connectivity index (χ1n) is 20.1. The SMILES string of the molecule is CC(C)Cc1cc(-c2[c-]cccc2)nc[c]1[Ge]([CH3])([CH3])[CH3].Cc1cc(-c2ccccc2)cc(C)c1-n1c(-c2[c-]ccc3c2oc2nc(C(F)(F)F)ccc23)nc2ccccc21.[Ir]. The Morgan fingerprint density at radius 2 is 1.46 bits per heavy atom. The van der Waals surface area contributed by atoms with Crippen LogP contribution < -0.4 is 4.40 Å². The molecule has 0 saturated carbocycles. The minimum Gasteiger partial charge on any atom is -0.486 e. The van der Waals surface area contributed by atoms with Gasteiger partial charge in [-0.15, -0.1) is 18.2 Å². The maximum Gasteiger partial charge on any atom is 0.433 e. The summed E-state index contributed by atoms with van der Waals surface area (Å²) in [6.07, 6.45) is -1.30. The molecule has 0 aliphatic heterocycles. The molecule has 1 radical (unpaired) electrons. The maximum absolute atomic E-state index is 13.4. The molecule has 4 aromatic heterocycles. The van der Waals surface area contributed by atoms with Crippen LogP contribution in [0.4, 0.5) is 13.2 Å². The van der Waals surface area contributed by atoms with Gasteiger partial charge in [0, 0.05) is 31.2 Å². The van der Waals surface area contributed by atoms with Gasteiger partial charge in [-0.1, -0.05) is 53.4 Å². The van der Waals surface area contributed by atoms with Crippen LogP contribution in [0.1, 0.15) is 36.2 Å². The van der Waals surface area contributed by atoms with Crippen molar-refractivity contribution in [3.05, 3.63) is 162 Å². The summed E-state index contributed by atoms with van der Waals surface area (Å²) >= 11 is -1.86. The number of furan rings is 1. The van der Waals surface area contributed by atoms with Crippen molar-refractivity contribution >= 4 is 50.8 Å². The Morgan fingerprint density at radius 1 is 0.754 bits per heavy atom. The van der Waals surface area contributed by atoms with E-state index in [4.69, 9.17) is 14.4 Å². The molecule has 4 heterocycles. The second-order valence-corrected chi connectivity index (χ2v) is 27.3. The molecule has 0 N–H and O–H groups in total. The molecule has 311 valence electrons. The van der Waals surface area contributed by atoms with Crippen LogP contribution in [0.2, 0.25) is 17.3 Å². The summed E-state index contributed by atoms with van der Waals surface area (Å²) in [4.78, 5) is 13.4. The van der Waals surface area contributed by atoms with E-state index in [1.165, 1.54) is 11.6 Å². The van der Waals surface area contributed by atoms with E-state index in [0.29, 0.717) is 33.7 Å². The molecular formula is C51H45F3GeIrN4O-2. The molecule has 0 spiro atoms. The largest absolute Gasteiger partial charge is 0.486 e. The van der Waals surface area contributed by atoms with Crippen molar-refractivity contribution in [3.8, 4) is 39.5 Å². The van der Waals surface area contributed by atoms with Crippen molar-refractivity contribution in [1.29, 1.82) is 0 Å². The van der Waals surface area contributed by atoms with Gasteiger partial charge in [-0.2, -0.15) is 13.2 Å². The van der Waals surface area contributed by atoms with E-state index in [0.717, 1.165) is 62.7 Å². The quantitative estimate of drug-likeness (QED) is 0.118. The van der Waals surface area contributed by atoms with Crippen molar-refractivity contribution in [2.45, 2.75) is 57.6 Å². The standard InChI is InChI=1S/C33H21F3N3O.C18H24GeN.Ir/c1-19-17-22(21-9-4-3-5-10-21)18-20(2)29(19)39-27-14-7-6-13-26(27)37-31(39)25-12-8-11-23-24-15-16-28(33(34,35)36)38-32(24)40-30(23)25;1-14(2)11-16-12-18(15-9-7-6-8-10-15)20-13-17(16)19(3,4)5;/h3-11,13-18H,1-2H3;6-9,12-14H,11H2,1-5H3;/q2*-1;. The number of aryl methyl sites for hydroxylation is 2. The molecule has 5 aromatic carbocycles. The van der Waals surface area contributed by atoms with Crippen LogP contribution in [0.15, 0.2) is 132 Å². The summed E-state index contributed by atoms with van der Waals surface area (Å²) in [5.74, 6) is 8.58. The number of imidazole rings is 1. The second-order valence-electron chi connectivity index (χ2n) is 16.7. The van der Waals surface area contributed by atoms with Crippen molar-refractivity contribution in [2.24, 2.45) is 5.92 Å². The first kappa shape index (κ1) is 43.7. The van der Waals surface area contributed by atoms with Gasteiger partial charge in [0.25, 0.3) is 0 Å². The summed E-state index contributed by atoms with van der Waals surface area (Å²) in [6.45, 7) is 8.71. The van der Waals surface area contributed by atoms with Gasteiger partial charge in [-0.25, -0.2) is 4.98 Å². The zero-order valence-corrected chi connectivity index (χ0v) is 39.6. The molecule has 0 unspecified atom stereocenters. The molecule has 5 nitrogen and oxygen atoms in total. The third-order valence-corrected chi connectivity index (χ3v) is 14.9. The fraction of sp³-hybridized carbons (Fsp3) is 0.196. The van der Waals surface area contributed by atoms with E-state index in [2.05, 4.69) is 109 Å². The number of hydrogen-bond acceptors (Lipinski definition) is 4. The van der Waals surface area contributed by atoms with Gasteiger partial charge < -0.3 is 8.98 Å². The number of aromatic nitrogens is 4. The molecule has 0 aliphatic rings. The fourth-order valence-corrected chi connectivity index (χ4v) is 11.3. The maximum atomic E-state index is 13.4.